The molecule has 2 heterocycles. The predicted octanol–water partition coefficient (Wildman–Crippen LogP) is 2.06. The molecule has 0 spiro atoms. The van der Waals surface area contributed by atoms with E-state index in [1.54, 1.807) is 0 Å². The van der Waals surface area contributed by atoms with E-state index in [-0.39, 0.29) is 17.7 Å². The van der Waals surface area contributed by atoms with Gasteiger partial charge in [-0.15, -0.1) is 0 Å². The van der Waals surface area contributed by atoms with Gasteiger partial charge in [-0.25, -0.2) is 0 Å². The molecule has 0 aliphatic carbocycles. The van der Waals surface area contributed by atoms with Crippen molar-refractivity contribution in [3.8, 4) is 0 Å². The second-order valence-corrected chi connectivity index (χ2v) is 7.74. The normalized spacial score (nSPS) is 22.2. The van der Waals surface area contributed by atoms with Gasteiger partial charge in [0, 0.05) is 31.0 Å². The zero-order chi connectivity index (χ0) is 18.5. The standard InChI is InChI=1S/C20H30N4O2/c1-15-8-11-24(12-9-15)18-6-4-17(5-7-18)22-19(25)14-23-10-2-3-16(13-23)20(21)26/h4-7,15-16H,2-3,8-14H2,1H3,(H2,21,26)(H,22,25)/t16-/m0/s1. The highest BCUT2D eigenvalue weighted by Crippen LogP contribution is 2.24. The first-order chi connectivity index (χ1) is 12.5. The third kappa shape index (κ3) is 4.97. The Morgan fingerprint density at radius 1 is 1.12 bits per heavy atom. The Morgan fingerprint density at radius 3 is 2.46 bits per heavy atom. The van der Waals surface area contributed by atoms with E-state index in [9.17, 15) is 9.59 Å². The fraction of sp³-hybridized carbons (Fsp3) is 0.600. The van der Waals surface area contributed by atoms with E-state index in [4.69, 9.17) is 5.73 Å². The van der Waals surface area contributed by atoms with Crippen LogP contribution in [0.3, 0.4) is 0 Å². The highest BCUT2D eigenvalue weighted by molar-refractivity contribution is 5.92. The van der Waals surface area contributed by atoms with Crippen LogP contribution < -0.4 is 16.0 Å². The van der Waals surface area contributed by atoms with Crippen molar-refractivity contribution in [3.05, 3.63) is 24.3 Å². The van der Waals surface area contributed by atoms with Crippen molar-refractivity contribution in [1.82, 2.24) is 4.90 Å². The molecule has 6 nitrogen and oxygen atoms in total. The summed E-state index contributed by atoms with van der Waals surface area (Å²) in [4.78, 5) is 28.1. The maximum atomic E-state index is 12.3. The fourth-order valence-electron chi connectivity index (χ4n) is 3.86. The number of carbonyl (C=O) groups is 2. The summed E-state index contributed by atoms with van der Waals surface area (Å²) in [5, 5.41) is 2.96. The summed E-state index contributed by atoms with van der Waals surface area (Å²) < 4.78 is 0. The number of primary amides is 1. The maximum Gasteiger partial charge on any atom is 0.238 e. The molecule has 0 unspecified atom stereocenters. The predicted molar refractivity (Wildman–Crippen MR) is 104 cm³/mol. The number of hydrogen-bond donors (Lipinski definition) is 2. The first-order valence-corrected chi connectivity index (χ1v) is 9.68. The van der Waals surface area contributed by atoms with Crippen molar-refractivity contribution in [2.75, 3.05) is 42.9 Å². The van der Waals surface area contributed by atoms with E-state index in [0.717, 1.165) is 44.1 Å². The Kier molecular flexibility index (Phi) is 6.14. The lowest BCUT2D eigenvalue weighted by molar-refractivity contribution is -0.125. The number of carbonyl (C=O) groups excluding carboxylic acids is 2. The van der Waals surface area contributed by atoms with Gasteiger partial charge in [-0.3, -0.25) is 14.5 Å². The number of nitrogens with one attached hydrogen (secondary N) is 1. The molecule has 2 fully saturated rings. The molecule has 1 aromatic rings. The summed E-state index contributed by atoms with van der Waals surface area (Å²) in [6.45, 7) is 6.23. The molecule has 2 amide bonds. The van der Waals surface area contributed by atoms with Crippen LogP contribution in [0.15, 0.2) is 24.3 Å². The van der Waals surface area contributed by atoms with Gasteiger partial charge in [-0.1, -0.05) is 6.92 Å². The van der Waals surface area contributed by atoms with Crippen LogP contribution in [0.1, 0.15) is 32.6 Å². The fourth-order valence-corrected chi connectivity index (χ4v) is 3.86. The first kappa shape index (κ1) is 18.7. The number of nitrogens with zero attached hydrogens (tertiary/aromatic N) is 2. The van der Waals surface area contributed by atoms with Gasteiger partial charge in [0.25, 0.3) is 0 Å². The molecule has 26 heavy (non-hydrogen) atoms. The Labute approximate surface area is 155 Å². The van der Waals surface area contributed by atoms with Crippen molar-refractivity contribution in [2.24, 2.45) is 17.6 Å². The number of rotatable bonds is 5. The molecule has 0 bridgehead atoms. The summed E-state index contributed by atoms with van der Waals surface area (Å²) in [5.41, 5.74) is 7.43. The van der Waals surface area contributed by atoms with Crippen molar-refractivity contribution in [2.45, 2.75) is 32.6 Å². The van der Waals surface area contributed by atoms with Crippen LogP contribution in [0.2, 0.25) is 0 Å². The van der Waals surface area contributed by atoms with E-state index in [1.807, 2.05) is 17.0 Å². The number of benzene rings is 1. The van der Waals surface area contributed by atoms with Crippen LogP contribution in [0.25, 0.3) is 0 Å². The molecule has 2 aliphatic rings. The second-order valence-electron chi connectivity index (χ2n) is 7.74. The average Bonchev–Trinajstić information content (AvgIpc) is 2.63. The lowest BCUT2D eigenvalue weighted by atomic mass is 9.97. The van der Waals surface area contributed by atoms with Crippen LogP contribution in [-0.4, -0.2) is 49.4 Å². The Hall–Kier alpha value is -2.08. The van der Waals surface area contributed by atoms with Crippen molar-refractivity contribution in [3.63, 3.8) is 0 Å². The van der Waals surface area contributed by atoms with E-state index in [2.05, 4.69) is 29.3 Å². The first-order valence-electron chi connectivity index (χ1n) is 9.68. The molecular weight excluding hydrogens is 328 g/mol. The van der Waals surface area contributed by atoms with Crippen LogP contribution in [0, 0.1) is 11.8 Å². The van der Waals surface area contributed by atoms with Crippen LogP contribution in [0.5, 0.6) is 0 Å². The molecule has 0 saturated carbocycles. The number of hydrogen-bond acceptors (Lipinski definition) is 4. The van der Waals surface area contributed by atoms with Crippen LogP contribution in [0.4, 0.5) is 11.4 Å². The number of likely N-dealkylation sites (tertiary alicyclic amines) is 1. The molecular formula is C20H30N4O2. The van der Waals surface area contributed by atoms with E-state index >= 15 is 0 Å². The lowest BCUT2D eigenvalue weighted by Crippen LogP contribution is -2.44. The van der Waals surface area contributed by atoms with Gasteiger partial charge < -0.3 is 16.0 Å². The average molecular weight is 358 g/mol. The highest BCUT2D eigenvalue weighted by atomic mass is 16.2. The molecule has 2 saturated heterocycles. The molecule has 1 atom stereocenters. The third-order valence-electron chi connectivity index (χ3n) is 5.57. The Bertz CT molecular complexity index is 623. The third-order valence-corrected chi connectivity index (χ3v) is 5.57. The van der Waals surface area contributed by atoms with Crippen molar-refractivity contribution in [1.29, 1.82) is 0 Å². The van der Waals surface area contributed by atoms with Crippen molar-refractivity contribution >= 4 is 23.2 Å². The number of anilines is 2. The smallest absolute Gasteiger partial charge is 0.238 e. The van der Waals surface area contributed by atoms with Gasteiger partial charge >= 0.3 is 0 Å². The van der Waals surface area contributed by atoms with Crippen LogP contribution >= 0.6 is 0 Å². The second kappa shape index (κ2) is 8.54. The molecule has 2 aliphatic heterocycles. The largest absolute Gasteiger partial charge is 0.372 e. The monoisotopic (exact) mass is 358 g/mol. The molecule has 3 rings (SSSR count). The summed E-state index contributed by atoms with van der Waals surface area (Å²) in [6, 6.07) is 8.09. The summed E-state index contributed by atoms with van der Waals surface area (Å²) in [7, 11) is 0. The van der Waals surface area contributed by atoms with Gasteiger partial charge in [0.1, 0.15) is 0 Å². The molecule has 142 valence electrons. The van der Waals surface area contributed by atoms with Gasteiger partial charge in [0.2, 0.25) is 11.8 Å². The number of piperidine rings is 2. The molecule has 3 N–H and O–H groups in total. The highest BCUT2D eigenvalue weighted by Gasteiger charge is 2.25. The quantitative estimate of drug-likeness (QED) is 0.844. The minimum atomic E-state index is -0.266. The van der Waals surface area contributed by atoms with Gasteiger partial charge in [-0.05, 0) is 62.4 Å². The zero-order valence-electron chi connectivity index (χ0n) is 15.6. The minimum Gasteiger partial charge on any atom is -0.372 e. The molecule has 1 aromatic carbocycles. The Morgan fingerprint density at radius 2 is 1.81 bits per heavy atom. The summed E-state index contributed by atoms with van der Waals surface area (Å²) >= 11 is 0. The zero-order valence-corrected chi connectivity index (χ0v) is 15.6. The molecule has 0 aromatic heterocycles. The SMILES string of the molecule is CC1CCN(c2ccc(NC(=O)CN3CCC[C@H](C(N)=O)C3)cc2)CC1. The van der Waals surface area contributed by atoms with E-state index in [1.165, 1.54) is 18.5 Å². The van der Waals surface area contributed by atoms with Gasteiger partial charge in [-0.2, -0.15) is 0 Å². The summed E-state index contributed by atoms with van der Waals surface area (Å²) in [5.74, 6) is 0.365. The van der Waals surface area contributed by atoms with Gasteiger partial charge in [0.15, 0.2) is 0 Å². The van der Waals surface area contributed by atoms with E-state index < -0.39 is 0 Å². The lowest BCUT2D eigenvalue weighted by Gasteiger charge is -2.32. The van der Waals surface area contributed by atoms with Gasteiger partial charge in [0.05, 0.1) is 12.5 Å². The molecule has 6 heteroatoms. The number of amides is 2. The van der Waals surface area contributed by atoms with E-state index in [0.29, 0.717) is 13.1 Å². The Balaban J connectivity index is 1.49. The minimum absolute atomic E-state index is 0.0466. The summed E-state index contributed by atoms with van der Waals surface area (Å²) in [6.07, 6.45) is 4.20. The maximum absolute atomic E-state index is 12.3. The molecule has 0 radical (unpaired) electrons. The topological polar surface area (TPSA) is 78.7 Å². The van der Waals surface area contributed by atoms with Crippen molar-refractivity contribution < 1.29 is 9.59 Å². The number of nitrogens with two attached hydrogens (primary N) is 1. The van der Waals surface area contributed by atoms with Crippen LogP contribution in [-0.2, 0) is 9.59 Å².